The SMILES string of the molecule is C[S+](C)/C(=C(\O)c1ccccc1)[Se+](c1ccccc1)c1ccccc1. The average Bonchev–Trinajstić information content (AvgIpc) is 2.67. The first-order valence-electron chi connectivity index (χ1n) is 8.09. The molecule has 0 spiro atoms. The van der Waals surface area contributed by atoms with Gasteiger partial charge >= 0.3 is 157 Å². The standard InChI is InChI=1S/C22H21OSSe/c1-24(2)22(21(23)18-12-6-3-7-13-18)25(19-14-8-4-9-15-19)20-16-10-5-11-17-20/h3-17H,1-2H3/q+1/p+1/b22-21+. The van der Waals surface area contributed by atoms with Gasteiger partial charge in [0, 0.05) is 0 Å². The monoisotopic (exact) mass is 414 g/mol. The Balaban J connectivity index is 2.22. The van der Waals surface area contributed by atoms with Gasteiger partial charge < -0.3 is 0 Å². The van der Waals surface area contributed by atoms with Gasteiger partial charge in [-0.15, -0.1) is 0 Å². The van der Waals surface area contributed by atoms with E-state index in [1.54, 1.807) is 0 Å². The van der Waals surface area contributed by atoms with Crippen molar-refractivity contribution >= 4 is 39.5 Å². The normalized spacial score (nSPS) is 12.3. The van der Waals surface area contributed by atoms with Crippen molar-refractivity contribution in [2.75, 3.05) is 12.5 Å². The fraction of sp³-hybridized carbons (Fsp3) is 0.0909. The third kappa shape index (κ3) is 4.19. The van der Waals surface area contributed by atoms with Gasteiger partial charge in [-0.2, -0.15) is 0 Å². The molecule has 0 aliphatic carbocycles. The molecule has 3 aromatic rings. The second-order valence-corrected chi connectivity index (χ2v) is 12.5. The molecule has 0 fully saturated rings. The molecule has 3 heteroatoms. The molecule has 0 unspecified atom stereocenters. The molecule has 0 heterocycles. The van der Waals surface area contributed by atoms with Crippen molar-refractivity contribution in [3.05, 3.63) is 100 Å². The molecule has 0 saturated carbocycles. The summed E-state index contributed by atoms with van der Waals surface area (Å²) in [5, 5.41) is 11.2. The Morgan fingerprint density at radius 3 is 1.48 bits per heavy atom. The zero-order valence-corrected chi connectivity index (χ0v) is 17.0. The van der Waals surface area contributed by atoms with Gasteiger partial charge in [-0.3, -0.25) is 0 Å². The average molecular weight is 413 g/mol. The summed E-state index contributed by atoms with van der Waals surface area (Å²) in [6.07, 6.45) is 4.41. The van der Waals surface area contributed by atoms with E-state index < -0.39 is 13.9 Å². The molecule has 3 rings (SSSR count). The molecule has 0 amide bonds. The molecule has 0 aliphatic rings. The summed E-state index contributed by atoms with van der Waals surface area (Å²) in [5.41, 5.74) is 0.902. The van der Waals surface area contributed by atoms with Crippen LogP contribution in [0.25, 0.3) is 5.76 Å². The van der Waals surface area contributed by atoms with Crippen LogP contribution in [-0.2, 0) is 10.9 Å². The molecule has 126 valence electrons. The Kier molecular flexibility index (Phi) is 6.04. The first-order chi connectivity index (χ1) is 12.2. The molecule has 0 aromatic heterocycles. The Labute approximate surface area is 157 Å². The summed E-state index contributed by atoms with van der Waals surface area (Å²) >= 11 is -1.53. The molecular formula is C22H22OSSe+2. The van der Waals surface area contributed by atoms with Crippen LogP contribution in [0.5, 0.6) is 0 Å². The van der Waals surface area contributed by atoms with Gasteiger partial charge in [0.05, 0.1) is 0 Å². The van der Waals surface area contributed by atoms with Crippen molar-refractivity contribution < 1.29 is 5.11 Å². The Morgan fingerprint density at radius 2 is 1.08 bits per heavy atom. The first-order valence-corrected chi connectivity index (χ1v) is 12.7. The summed E-state index contributed by atoms with van der Waals surface area (Å²) in [5.74, 6) is 0.451. The molecule has 0 saturated heterocycles. The van der Waals surface area contributed by atoms with E-state index in [9.17, 15) is 5.11 Å². The predicted molar refractivity (Wildman–Crippen MR) is 113 cm³/mol. The maximum absolute atomic E-state index is 11.2. The fourth-order valence-corrected chi connectivity index (χ4v) is 10.5. The van der Waals surface area contributed by atoms with Crippen LogP contribution >= 0.6 is 0 Å². The number of aliphatic hydroxyl groups excluding tert-OH is 1. The van der Waals surface area contributed by atoms with Gasteiger partial charge in [-0.25, -0.2) is 0 Å². The molecule has 0 atom stereocenters. The quantitative estimate of drug-likeness (QED) is 0.385. The number of hydrogen-bond acceptors (Lipinski definition) is 1. The third-order valence-electron chi connectivity index (χ3n) is 3.75. The van der Waals surface area contributed by atoms with E-state index in [0.29, 0.717) is 5.76 Å². The van der Waals surface area contributed by atoms with Crippen molar-refractivity contribution in [1.82, 2.24) is 0 Å². The Bertz CT molecular complexity index is 790. The van der Waals surface area contributed by atoms with Crippen LogP contribution < -0.4 is 8.92 Å². The minimum absolute atomic E-state index is 0.0298. The van der Waals surface area contributed by atoms with Crippen molar-refractivity contribution in [3.8, 4) is 0 Å². The minimum atomic E-state index is -1.53. The van der Waals surface area contributed by atoms with Crippen LogP contribution in [0.4, 0.5) is 0 Å². The fourth-order valence-electron chi connectivity index (χ4n) is 2.63. The van der Waals surface area contributed by atoms with Crippen LogP contribution in [0, 0.1) is 0 Å². The van der Waals surface area contributed by atoms with Crippen molar-refractivity contribution in [1.29, 1.82) is 0 Å². The zero-order valence-electron chi connectivity index (χ0n) is 14.4. The topological polar surface area (TPSA) is 20.2 Å². The van der Waals surface area contributed by atoms with E-state index in [2.05, 4.69) is 73.2 Å². The van der Waals surface area contributed by atoms with Gasteiger partial charge in [0.2, 0.25) is 0 Å². The Morgan fingerprint density at radius 1 is 0.680 bits per heavy atom. The number of benzene rings is 3. The first kappa shape index (κ1) is 17.9. The van der Waals surface area contributed by atoms with Crippen LogP contribution in [-0.4, -0.2) is 31.5 Å². The van der Waals surface area contributed by atoms with Crippen molar-refractivity contribution in [3.63, 3.8) is 0 Å². The second-order valence-electron chi connectivity index (χ2n) is 5.75. The number of aliphatic hydroxyl groups is 1. The van der Waals surface area contributed by atoms with Gasteiger partial charge in [-0.1, -0.05) is 0 Å². The molecular weight excluding hydrogens is 391 g/mol. The van der Waals surface area contributed by atoms with Crippen molar-refractivity contribution in [2.45, 2.75) is 0 Å². The molecule has 0 bridgehead atoms. The van der Waals surface area contributed by atoms with Gasteiger partial charge in [0.25, 0.3) is 0 Å². The maximum atomic E-state index is 11.2. The van der Waals surface area contributed by atoms with Crippen LogP contribution in [0.15, 0.2) is 94.8 Å². The van der Waals surface area contributed by atoms with Crippen molar-refractivity contribution in [2.24, 2.45) is 0 Å². The summed E-state index contributed by atoms with van der Waals surface area (Å²) in [6.45, 7) is 0. The Hall–Kier alpha value is -1.93. The molecule has 0 radical (unpaired) electrons. The van der Waals surface area contributed by atoms with Crippen LogP contribution in [0.1, 0.15) is 5.56 Å². The summed E-state index contributed by atoms with van der Waals surface area (Å²) in [6, 6.07) is 31.2. The van der Waals surface area contributed by atoms with Crippen LogP contribution in [0.2, 0.25) is 0 Å². The summed E-state index contributed by atoms with van der Waals surface area (Å²) in [4.78, 5) is 0. The van der Waals surface area contributed by atoms with E-state index in [1.165, 1.54) is 12.7 Å². The van der Waals surface area contributed by atoms with Crippen LogP contribution in [0.3, 0.4) is 0 Å². The van der Waals surface area contributed by atoms with E-state index >= 15 is 0 Å². The summed E-state index contributed by atoms with van der Waals surface area (Å²) < 4.78 is 3.85. The third-order valence-corrected chi connectivity index (χ3v) is 12.0. The van der Waals surface area contributed by atoms with E-state index in [1.807, 2.05) is 30.3 Å². The zero-order chi connectivity index (χ0) is 17.6. The van der Waals surface area contributed by atoms with E-state index in [-0.39, 0.29) is 10.9 Å². The predicted octanol–water partition coefficient (Wildman–Crippen LogP) is 3.64. The van der Waals surface area contributed by atoms with Gasteiger partial charge in [0.1, 0.15) is 0 Å². The molecule has 1 N–H and O–H groups in total. The molecule has 3 aromatic carbocycles. The van der Waals surface area contributed by atoms with Gasteiger partial charge in [-0.05, 0) is 0 Å². The summed E-state index contributed by atoms with van der Waals surface area (Å²) in [7, 11) is -0.0298. The van der Waals surface area contributed by atoms with E-state index in [4.69, 9.17) is 0 Å². The molecule has 1 nitrogen and oxygen atoms in total. The number of rotatable bonds is 5. The number of hydrogen-bond donors (Lipinski definition) is 1. The van der Waals surface area contributed by atoms with Gasteiger partial charge in [0.15, 0.2) is 0 Å². The van der Waals surface area contributed by atoms with E-state index in [0.717, 1.165) is 5.56 Å². The molecule has 0 aliphatic heterocycles. The second kappa shape index (κ2) is 8.44. The molecule has 25 heavy (non-hydrogen) atoms.